The maximum absolute atomic E-state index is 11.8. The van der Waals surface area contributed by atoms with Crippen LogP contribution in [0.1, 0.15) is 19.3 Å². The molecule has 0 aromatic carbocycles. The van der Waals surface area contributed by atoms with Gasteiger partial charge in [0, 0.05) is 20.2 Å². The first-order valence-electron chi connectivity index (χ1n) is 5.88. The Balaban J connectivity index is 2.39. The van der Waals surface area contributed by atoms with E-state index < -0.39 is 12.0 Å². The molecule has 6 nitrogen and oxygen atoms in total. The van der Waals surface area contributed by atoms with E-state index in [4.69, 9.17) is 9.84 Å². The van der Waals surface area contributed by atoms with E-state index in [-0.39, 0.29) is 12.5 Å². The Morgan fingerprint density at radius 3 is 2.88 bits per heavy atom. The van der Waals surface area contributed by atoms with Crippen LogP contribution < -0.4 is 5.32 Å². The van der Waals surface area contributed by atoms with Crippen molar-refractivity contribution in [1.82, 2.24) is 10.2 Å². The predicted octanol–water partition coefficient (Wildman–Crippen LogP) is -0.312. The predicted molar refractivity (Wildman–Crippen MR) is 61.7 cm³/mol. The van der Waals surface area contributed by atoms with Gasteiger partial charge in [-0.25, -0.2) is 4.79 Å². The molecule has 0 spiro atoms. The zero-order valence-corrected chi connectivity index (χ0v) is 10.1. The number of carbonyl (C=O) groups is 2. The SMILES string of the molecule is COCCNCC(=O)N1CCCC[C@H]1C(=O)O. The molecule has 1 rings (SSSR count). The molecular weight excluding hydrogens is 224 g/mol. The van der Waals surface area contributed by atoms with Crippen LogP contribution in [-0.2, 0) is 14.3 Å². The van der Waals surface area contributed by atoms with Crippen molar-refractivity contribution in [2.75, 3.05) is 33.4 Å². The fourth-order valence-corrected chi connectivity index (χ4v) is 1.96. The fraction of sp³-hybridized carbons (Fsp3) is 0.818. The van der Waals surface area contributed by atoms with Gasteiger partial charge in [0.15, 0.2) is 0 Å². The van der Waals surface area contributed by atoms with E-state index in [2.05, 4.69) is 5.32 Å². The molecule has 1 fully saturated rings. The second-order valence-corrected chi connectivity index (χ2v) is 4.11. The van der Waals surface area contributed by atoms with Crippen LogP contribution in [0.25, 0.3) is 0 Å². The molecule has 1 saturated heterocycles. The third-order valence-corrected chi connectivity index (χ3v) is 2.87. The summed E-state index contributed by atoms with van der Waals surface area (Å²) in [6, 6.07) is -0.652. The average Bonchev–Trinajstić information content (AvgIpc) is 2.34. The summed E-state index contributed by atoms with van der Waals surface area (Å²) in [4.78, 5) is 24.3. The second-order valence-electron chi connectivity index (χ2n) is 4.11. The van der Waals surface area contributed by atoms with Gasteiger partial charge in [-0.1, -0.05) is 0 Å². The monoisotopic (exact) mass is 244 g/mol. The summed E-state index contributed by atoms with van der Waals surface area (Å²) in [7, 11) is 1.59. The topological polar surface area (TPSA) is 78.9 Å². The number of hydrogen-bond donors (Lipinski definition) is 2. The normalized spacial score (nSPS) is 20.3. The maximum atomic E-state index is 11.8. The number of nitrogens with one attached hydrogen (secondary N) is 1. The number of methoxy groups -OCH3 is 1. The van der Waals surface area contributed by atoms with Gasteiger partial charge in [-0.3, -0.25) is 4.79 Å². The Hall–Kier alpha value is -1.14. The number of carboxylic acids is 1. The molecule has 1 atom stereocenters. The summed E-state index contributed by atoms with van der Waals surface area (Å²) in [6.45, 7) is 1.85. The van der Waals surface area contributed by atoms with Crippen LogP contribution >= 0.6 is 0 Å². The Labute approximate surface area is 101 Å². The first kappa shape index (κ1) is 13.9. The number of piperidine rings is 1. The summed E-state index contributed by atoms with van der Waals surface area (Å²) in [5.74, 6) is -1.05. The second kappa shape index (κ2) is 7.24. The molecule has 98 valence electrons. The van der Waals surface area contributed by atoms with E-state index in [1.807, 2.05) is 0 Å². The van der Waals surface area contributed by atoms with Gasteiger partial charge in [-0.05, 0) is 19.3 Å². The molecule has 1 aliphatic heterocycles. The quantitative estimate of drug-likeness (QED) is 0.626. The van der Waals surface area contributed by atoms with Crippen molar-refractivity contribution in [3.8, 4) is 0 Å². The molecule has 0 bridgehead atoms. The highest BCUT2D eigenvalue weighted by atomic mass is 16.5. The number of rotatable bonds is 6. The largest absolute Gasteiger partial charge is 0.480 e. The van der Waals surface area contributed by atoms with E-state index in [1.165, 1.54) is 4.90 Å². The molecule has 0 radical (unpaired) electrons. The van der Waals surface area contributed by atoms with Gasteiger partial charge >= 0.3 is 5.97 Å². The van der Waals surface area contributed by atoms with Crippen LogP contribution in [-0.4, -0.2) is 61.3 Å². The zero-order valence-electron chi connectivity index (χ0n) is 10.1. The van der Waals surface area contributed by atoms with Gasteiger partial charge in [-0.2, -0.15) is 0 Å². The lowest BCUT2D eigenvalue weighted by atomic mass is 10.0. The molecule has 0 unspecified atom stereocenters. The zero-order chi connectivity index (χ0) is 12.7. The molecule has 1 amide bonds. The summed E-state index contributed by atoms with van der Waals surface area (Å²) >= 11 is 0. The average molecular weight is 244 g/mol. The highest BCUT2D eigenvalue weighted by Gasteiger charge is 2.31. The molecule has 0 aromatic rings. The summed E-state index contributed by atoms with van der Waals surface area (Å²) < 4.78 is 4.85. The Morgan fingerprint density at radius 1 is 1.47 bits per heavy atom. The molecule has 0 saturated carbocycles. The maximum Gasteiger partial charge on any atom is 0.326 e. The lowest BCUT2D eigenvalue weighted by Gasteiger charge is -2.33. The van der Waals surface area contributed by atoms with Crippen molar-refractivity contribution in [3.63, 3.8) is 0 Å². The Kier molecular flexibility index (Phi) is 5.93. The fourth-order valence-electron chi connectivity index (χ4n) is 1.96. The number of likely N-dealkylation sites (tertiary alicyclic amines) is 1. The lowest BCUT2D eigenvalue weighted by molar-refractivity contribution is -0.151. The van der Waals surface area contributed by atoms with Crippen molar-refractivity contribution in [3.05, 3.63) is 0 Å². The minimum atomic E-state index is -0.907. The van der Waals surface area contributed by atoms with E-state index in [0.717, 1.165) is 12.8 Å². The van der Waals surface area contributed by atoms with Crippen molar-refractivity contribution in [2.45, 2.75) is 25.3 Å². The Morgan fingerprint density at radius 2 is 2.24 bits per heavy atom. The van der Waals surface area contributed by atoms with Gasteiger partial charge in [0.1, 0.15) is 6.04 Å². The summed E-state index contributed by atoms with van der Waals surface area (Å²) in [5, 5.41) is 12.0. The van der Waals surface area contributed by atoms with E-state index in [1.54, 1.807) is 7.11 Å². The number of aliphatic carboxylic acids is 1. The van der Waals surface area contributed by atoms with Crippen molar-refractivity contribution in [2.24, 2.45) is 0 Å². The van der Waals surface area contributed by atoms with Crippen LogP contribution in [0, 0.1) is 0 Å². The number of nitrogens with zero attached hydrogens (tertiary/aromatic N) is 1. The summed E-state index contributed by atoms with van der Waals surface area (Å²) in [5.41, 5.74) is 0. The third-order valence-electron chi connectivity index (χ3n) is 2.87. The highest BCUT2D eigenvalue weighted by molar-refractivity contribution is 5.85. The molecule has 6 heteroatoms. The molecule has 1 heterocycles. The third kappa shape index (κ3) is 4.32. The minimum absolute atomic E-state index is 0.145. The molecule has 17 heavy (non-hydrogen) atoms. The number of carbonyl (C=O) groups excluding carboxylic acids is 1. The van der Waals surface area contributed by atoms with Crippen molar-refractivity contribution >= 4 is 11.9 Å². The van der Waals surface area contributed by atoms with Crippen LogP contribution in [0.2, 0.25) is 0 Å². The van der Waals surface area contributed by atoms with Gasteiger partial charge in [-0.15, -0.1) is 0 Å². The molecule has 1 aliphatic rings. The number of hydrogen-bond acceptors (Lipinski definition) is 4. The van der Waals surface area contributed by atoms with Crippen molar-refractivity contribution < 1.29 is 19.4 Å². The van der Waals surface area contributed by atoms with Gasteiger partial charge < -0.3 is 20.1 Å². The minimum Gasteiger partial charge on any atom is -0.480 e. The molecule has 2 N–H and O–H groups in total. The summed E-state index contributed by atoms with van der Waals surface area (Å²) in [6.07, 6.45) is 2.31. The number of ether oxygens (including phenoxy) is 1. The van der Waals surface area contributed by atoms with E-state index in [9.17, 15) is 9.59 Å². The highest BCUT2D eigenvalue weighted by Crippen LogP contribution is 2.16. The van der Waals surface area contributed by atoms with E-state index >= 15 is 0 Å². The first-order chi connectivity index (χ1) is 8.16. The first-order valence-corrected chi connectivity index (χ1v) is 5.88. The van der Waals surface area contributed by atoms with Crippen LogP contribution in [0.4, 0.5) is 0 Å². The molecule has 0 aliphatic carbocycles. The number of carboxylic acid groups (broad SMARTS) is 1. The van der Waals surface area contributed by atoms with Crippen LogP contribution in [0.5, 0.6) is 0 Å². The smallest absolute Gasteiger partial charge is 0.326 e. The van der Waals surface area contributed by atoms with Gasteiger partial charge in [0.25, 0.3) is 0 Å². The lowest BCUT2D eigenvalue weighted by Crippen LogP contribution is -2.50. The van der Waals surface area contributed by atoms with Crippen molar-refractivity contribution in [1.29, 1.82) is 0 Å². The number of amides is 1. The van der Waals surface area contributed by atoms with Gasteiger partial charge in [0.2, 0.25) is 5.91 Å². The molecular formula is C11H20N2O4. The van der Waals surface area contributed by atoms with Crippen LogP contribution in [0.3, 0.4) is 0 Å². The van der Waals surface area contributed by atoms with Crippen LogP contribution in [0.15, 0.2) is 0 Å². The standard InChI is InChI=1S/C11H20N2O4/c1-17-7-5-12-8-10(14)13-6-3-2-4-9(13)11(15)16/h9,12H,2-8H2,1H3,(H,15,16)/t9-/m0/s1. The van der Waals surface area contributed by atoms with E-state index in [0.29, 0.717) is 26.1 Å². The molecule has 0 aromatic heterocycles. The Bertz CT molecular complexity index is 270. The van der Waals surface area contributed by atoms with Gasteiger partial charge in [0.05, 0.1) is 13.2 Å².